The number of amides is 1. The van der Waals surface area contributed by atoms with Crippen molar-refractivity contribution in [2.24, 2.45) is 0 Å². The molecule has 0 saturated heterocycles. The van der Waals surface area contributed by atoms with E-state index in [1.807, 2.05) is 45.0 Å². The van der Waals surface area contributed by atoms with Gasteiger partial charge in [-0.3, -0.25) is 9.59 Å². The van der Waals surface area contributed by atoms with Crippen LogP contribution in [0.25, 0.3) is 0 Å². The summed E-state index contributed by atoms with van der Waals surface area (Å²) in [5.41, 5.74) is 1.00. The van der Waals surface area contributed by atoms with Crippen molar-refractivity contribution in [3.05, 3.63) is 58.0 Å². The molecule has 1 aromatic carbocycles. The first-order valence-corrected chi connectivity index (χ1v) is 8.17. The van der Waals surface area contributed by atoms with E-state index in [2.05, 4.69) is 10.4 Å². The first-order chi connectivity index (χ1) is 11.5. The molecule has 1 heterocycles. The Hall–Kier alpha value is -2.63. The predicted molar refractivity (Wildman–Crippen MR) is 92.3 cm³/mol. The third kappa shape index (κ3) is 4.44. The number of hydrogen-bond acceptors (Lipinski definition) is 4. The van der Waals surface area contributed by atoms with Crippen LogP contribution in [0.1, 0.15) is 49.3 Å². The lowest BCUT2D eigenvalue weighted by molar-refractivity contribution is 0.0932. The van der Waals surface area contributed by atoms with E-state index in [1.165, 1.54) is 16.8 Å². The second-order valence-corrected chi connectivity index (χ2v) is 5.48. The van der Waals surface area contributed by atoms with Gasteiger partial charge in [0, 0.05) is 12.6 Å². The summed E-state index contributed by atoms with van der Waals surface area (Å²) in [5, 5.41) is 7.01. The van der Waals surface area contributed by atoms with E-state index in [-0.39, 0.29) is 23.2 Å². The number of benzene rings is 1. The van der Waals surface area contributed by atoms with Crippen LogP contribution in [0.15, 0.2) is 41.2 Å². The number of carbonyl (C=O) groups excluding carboxylic acids is 1. The minimum absolute atomic E-state index is 0.179. The van der Waals surface area contributed by atoms with Gasteiger partial charge in [-0.25, -0.2) is 4.68 Å². The average Bonchev–Trinajstić information content (AvgIpc) is 2.58. The summed E-state index contributed by atoms with van der Waals surface area (Å²) in [7, 11) is 0. The molecule has 0 aliphatic rings. The van der Waals surface area contributed by atoms with Crippen LogP contribution in [0.3, 0.4) is 0 Å². The average molecular weight is 329 g/mol. The van der Waals surface area contributed by atoms with Crippen molar-refractivity contribution >= 4 is 5.91 Å². The molecule has 6 heteroatoms. The lowest BCUT2D eigenvalue weighted by Crippen LogP contribution is -2.31. The fraction of sp³-hybridized carbons (Fsp3) is 0.389. The molecule has 24 heavy (non-hydrogen) atoms. The molecule has 0 fully saturated rings. The number of hydrogen-bond donors (Lipinski definition) is 1. The number of rotatable bonds is 7. The molecular weight excluding hydrogens is 306 g/mol. The lowest BCUT2D eigenvalue weighted by Gasteiger charge is -2.15. The third-order valence-electron chi connectivity index (χ3n) is 3.57. The highest BCUT2D eigenvalue weighted by atomic mass is 16.5. The van der Waals surface area contributed by atoms with Crippen LogP contribution in [0.2, 0.25) is 0 Å². The van der Waals surface area contributed by atoms with Crippen LogP contribution in [0.5, 0.6) is 5.75 Å². The molecule has 1 atom stereocenters. The molecule has 0 aliphatic heterocycles. The monoisotopic (exact) mass is 329 g/mol. The quantitative estimate of drug-likeness (QED) is 0.847. The first-order valence-electron chi connectivity index (χ1n) is 8.17. The molecule has 128 valence electrons. The number of nitrogens with zero attached hydrogens (tertiary/aromatic N) is 2. The van der Waals surface area contributed by atoms with E-state index >= 15 is 0 Å². The Kier molecular flexibility index (Phi) is 6.12. The Labute approximate surface area is 141 Å². The summed E-state index contributed by atoms with van der Waals surface area (Å²) in [4.78, 5) is 24.0. The van der Waals surface area contributed by atoms with E-state index in [1.54, 1.807) is 0 Å². The molecule has 1 amide bonds. The number of ether oxygens (including phenoxy) is 1. The van der Waals surface area contributed by atoms with Crippen molar-refractivity contribution in [3.63, 3.8) is 0 Å². The van der Waals surface area contributed by atoms with Crippen molar-refractivity contribution in [3.8, 4) is 5.75 Å². The highest BCUT2D eigenvalue weighted by molar-refractivity contribution is 5.92. The highest BCUT2D eigenvalue weighted by Crippen LogP contribution is 2.17. The number of nitrogens with one attached hydrogen (secondary N) is 1. The van der Waals surface area contributed by atoms with Crippen molar-refractivity contribution in [2.75, 3.05) is 6.61 Å². The SMILES string of the molecule is CCCn1nc(C(=O)NC(C)c2ccc(OCC)cc2)ccc1=O. The van der Waals surface area contributed by atoms with Crippen molar-refractivity contribution in [2.45, 2.75) is 39.8 Å². The standard InChI is InChI=1S/C18H23N3O3/c1-4-12-21-17(22)11-10-16(20-21)18(23)19-13(3)14-6-8-15(9-7-14)24-5-2/h6-11,13H,4-5,12H2,1-3H3,(H,19,23). The molecule has 0 spiro atoms. The summed E-state index contributed by atoms with van der Waals surface area (Å²) >= 11 is 0. The maximum atomic E-state index is 12.4. The van der Waals surface area contributed by atoms with E-state index in [0.717, 1.165) is 17.7 Å². The van der Waals surface area contributed by atoms with E-state index < -0.39 is 0 Å². The molecule has 0 aliphatic carbocycles. The van der Waals surface area contributed by atoms with Crippen LogP contribution in [0.4, 0.5) is 0 Å². The molecule has 0 bridgehead atoms. The zero-order chi connectivity index (χ0) is 17.5. The first kappa shape index (κ1) is 17.7. The zero-order valence-corrected chi connectivity index (χ0v) is 14.3. The van der Waals surface area contributed by atoms with Crippen molar-refractivity contribution in [1.82, 2.24) is 15.1 Å². The Morgan fingerprint density at radius 3 is 2.54 bits per heavy atom. The van der Waals surface area contributed by atoms with Gasteiger partial charge in [-0.05, 0) is 44.0 Å². The van der Waals surface area contributed by atoms with Crippen molar-refractivity contribution in [1.29, 1.82) is 0 Å². The van der Waals surface area contributed by atoms with Crippen LogP contribution < -0.4 is 15.6 Å². The van der Waals surface area contributed by atoms with Gasteiger partial charge in [-0.1, -0.05) is 19.1 Å². The van der Waals surface area contributed by atoms with Crippen LogP contribution in [-0.4, -0.2) is 22.3 Å². The number of aryl methyl sites for hydroxylation is 1. The fourth-order valence-electron chi connectivity index (χ4n) is 2.32. The van der Waals surface area contributed by atoms with Crippen LogP contribution in [-0.2, 0) is 6.54 Å². The molecule has 1 aromatic heterocycles. The molecule has 6 nitrogen and oxygen atoms in total. The Bertz CT molecular complexity index is 738. The predicted octanol–water partition coefficient (Wildman–Crippen LogP) is 2.54. The molecule has 1 N–H and O–H groups in total. The van der Waals surface area contributed by atoms with Gasteiger partial charge in [0.25, 0.3) is 11.5 Å². The summed E-state index contributed by atoms with van der Waals surface area (Å²) in [5.74, 6) is 0.495. The topological polar surface area (TPSA) is 73.2 Å². The summed E-state index contributed by atoms with van der Waals surface area (Å²) in [6, 6.07) is 10.2. The molecule has 1 unspecified atom stereocenters. The second kappa shape index (κ2) is 8.29. The lowest BCUT2D eigenvalue weighted by atomic mass is 10.1. The maximum absolute atomic E-state index is 12.4. The van der Waals surface area contributed by atoms with Gasteiger partial charge in [-0.15, -0.1) is 0 Å². The zero-order valence-electron chi connectivity index (χ0n) is 14.3. The minimum Gasteiger partial charge on any atom is -0.494 e. The Balaban J connectivity index is 2.08. The third-order valence-corrected chi connectivity index (χ3v) is 3.57. The maximum Gasteiger partial charge on any atom is 0.272 e. The molecule has 2 rings (SSSR count). The minimum atomic E-state index is -0.304. The van der Waals surface area contributed by atoms with Gasteiger partial charge in [0.05, 0.1) is 12.6 Å². The van der Waals surface area contributed by atoms with Gasteiger partial charge >= 0.3 is 0 Å². The van der Waals surface area contributed by atoms with Gasteiger partial charge in [0.15, 0.2) is 0 Å². The van der Waals surface area contributed by atoms with E-state index in [0.29, 0.717) is 13.2 Å². The normalized spacial score (nSPS) is 11.8. The summed E-state index contributed by atoms with van der Waals surface area (Å²) in [6.07, 6.45) is 0.778. The summed E-state index contributed by atoms with van der Waals surface area (Å²) in [6.45, 7) is 6.89. The Morgan fingerprint density at radius 2 is 1.92 bits per heavy atom. The summed E-state index contributed by atoms with van der Waals surface area (Å²) < 4.78 is 6.72. The van der Waals surface area contributed by atoms with Gasteiger partial charge in [0.2, 0.25) is 0 Å². The molecular formula is C18H23N3O3. The molecule has 0 saturated carbocycles. The number of aromatic nitrogens is 2. The molecule has 2 aromatic rings. The smallest absolute Gasteiger partial charge is 0.272 e. The molecule has 0 radical (unpaired) electrons. The van der Waals surface area contributed by atoms with Gasteiger partial charge in [-0.2, -0.15) is 5.10 Å². The fourth-order valence-corrected chi connectivity index (χ4v) is 2.32. The largest absolute Gasteiger partial charge is 0.494 e. The van der Waals surface area contributed by atoms with E-state index in [4.69, 9.17) is 4.74 Å². The van der Waals surface area contributed by atoms with Crippen molar-refractivity contribution < 1.29 is 9.53 Å². The van der Waals surface area contributed by atoms with Gasteiger partial charge < -0.3 is 10.1 Å². The van der Waals surface area contributed by atoms with E-state index in [9.17, 15) is 9.59 Å². The van der Waals surface area contributed by atoms with Crippen LogP contribution >= 0.6 is 0 Å². The van der Waals surface area contributed by atoms with Gasteiger partial charge in [0.1, 0.15) is 11.4 Å². The highest BCUT2D eigenvalue weighted by Gasteiger charge is 2.14. The Morgan fingerprint density at radius 1 is 1.21 bits per heavy atom. The second-order valence-electron chi connectivity index (χ2n) is 5.48. The number of carbonyl (C=O) groups is 1. The van der Waals surface area contributed by atoms with Crippen LogP contribution in [0, 0.1) is 0 Å².